The van der Waals surface area contributed by atoms with Crippen molar-refractivity contribution in [2.45, 2.75) is 6.42 Å². The number of aromatic carboxylic acids is 1. The van der Waals surface area contributed by atoms with Crippen molar-refractivity contribution >= 4 is 18.0 Å². The molecule has 0 radical (unpaired) electrons. The number of esters is 1. The fourth-order valence-electron chi connectivity index (χ4n) is 1.28. The number of benzene rings is 1. The number of carboxylic acid groups (broad SMARTS) is 1. The van der Waals surface area contributed by atoms with E-state index >= 15 is 0 Å². The van der Waals surface area contributed by atoms with Crippen LogP contribution in [0, 0.1) is 0 Å². The van der Waals surface area contributed by atoms with Gasteiger partial charge in [0.25, 0.3) is 0 Å². The highest BCUT2D eigenvalue weighted by Crippen LogP contribution is 2.10. The van der Waals surface area contributed by atoms with E-state index in [1.54, 1.807) is 6.07 Å². The molecule has 18 heavy (non-hydrogen) atoms. The Bertz CT molecular complexity index is 491. The summed E-state index contributed by atoms with van der Waals surface area (Å²) in [5.74, 6) is -1.89. The Labute approximate surface area is 103 Å². The Hall–Kier alpha value is -2.46. The minimum atomic E-state index is -1.19. The predicted molar refractivity (Wildman–Crippen MR) is 61.3 cm³/mol. The molecule has 0 unspecified atom stereocenters. The lowest BCUT2D eigenvalue weighted by atomic mass is 10.1. The molecule has 0 saturated carbocycles. The van der Waals surface area contributed by atoms with Gasteiger partial charge in [0, 0.05) is 6.42 Å². The molecule has 0 aromatic heterocycles. The summed E-state index contributed by atoms with van der Waals surface area (Å²) < 4.78 is 4.87. The Morgan fingerprint density at radius 1 is 1.28 bits per heavy atom. The number of aliphatic imine (C=N–C) groups is 1. The SMILES string of the molecule is O=C=NCCCOC(=O)c1ccccc1C(=O)O. The van der Waals surface area contributed by atoms with E-state index in [1.165, 1.54) is 24.3 Å². The monoisotopic (exact) mass is 249 g/mol. The molecular weight excluding hydrogens is 238 g/mol. The Morgan fingerprint density at radius 3 is 2.56 bits per heavy atom. The van der Waals surface area contributed by atoms with Gasteiger partial charge < -0.3 is 9.84 Å². The quantitative estimate of drug-likeness (QED) is 0.354. The van der Waals surface area contributed by atoms with E-state index in [4.69, 9.17) is 9.84 Å². The van der Waals surface area contributed by atoms with E-state index in [1.807, 2.05) is 0 Å². The number of ether oxygens (including phenoxy) is 1. The predicted octanol–water partition coefficient (Wildman–Crippen LogP) is 1.27. The molecular formula is C12H11NO5. The highest BCUT2D eigenvalue weighted by molar-refractivity contribution is 6.02. The summed E-state index contributed by atoms with van der Waals surface area (Å²) in [4.78, 5) is 35.6. The summed E-state index contributed by atoms with van der Waals surface area (Å²) in [6.07, 6.45) is 1.75. The zero-order chi connectivity index (χ0) is 13.4. The number of isocyanates is 1. The second-order valence-electron chi connectivity index (χ2n) is 3.31. The topological polar surface area (TPSA) is 93.0 Å². The molecule has 1 rings (SSSR count). The van der Waals surface area contributed by atoms with Crippen LogP contribution in [0.3, 0.4) is 0 Å². The van der Waals surface area contributed by atoms with E-state index in [9.17, 15) is 14.4 Å². The van der Waals surface area contributed by atoms with Crippen molar-refractivity contribution in [3.05, 3.63) is 35.4 Å². The van der Waals surface area contributed by atoms with Crippen molar-refractivity contribution in [3.8, 4) is 0 Å². The van der Waals surface area contributed by atoms with Gasteiger partial charge in [-0.15, -0.1) is 0 Å². The van der Waals surface area contributed by atoms with Crippen molar-refractivity contribution in [2.24, 2.45) is 4.99 Å². The van der Waals surface area contributed by atoms with Crippen LogP contribution >= 0.6 is 0 Å². The van der Waals surface area contributed by atoms with Crippen LogP contribution in [0.25, 0.3) is 0 Å². The number of hydrogen-bond acceptors (Lipinski definition) is 5. The van der Waals surface area contributed by atoms with Crippen molar-refractivity contribution < 1.29 is 24.2 Å². The zero-order valence-corrected chi connectivity index (χ0v) is 9.46. The van der Waals surface area contributed by atoms with Gasteiger partial charge in [-0.3, -0.25) is 0 Å². The first kappa shape index (κ1) is 13.6. The van der Waals surface area contributed by atoms with Crippen LogP contribution in [-0.4, -0.2) is 36.3 Å². The van der Waals surface area contributed by atoms with Gasteiger partial charge in [-0.2, -0.15) is 0 Å². The summed E-state index contributed by atoms with van der Waals surface area (Å²) in [6.45, 7) is 0.287. The highest BCUT2D eigenvalue weighted by Gasteiger charge is 2.16. The summed E-state index contributed by atoms with van der Waals surface area (Å²) in [7, 11) is 0. The lowest BCUT2D eigenvalue weighted by Gasteiger charge is -2.06. The molecule has 0 saturated heterocycles. The number of rotatable bonds is 6. The van der Waals surface area contributed by atoms with Crippen LogP contribution in [-0.2, 0) is 9.53 Å². The van der Waals surface area contributed by atoms with Crippen LogP contribution in [0.4, 0.5) is 0 Å². The van der Waals surface area contributed by atoms with Gasteiger partial charge in [-0.1, -0.05) is 12.1 Å². The van der Waals surface area contributed by atoms with Crippen molar-refractivity contribution in [1.82, 2.24) is 0 Å². The lowest BCUT2D eigenvalue weighted by molar-refractivity contribution is 0.0492. The molecule has 0 aliphatic heterocycles. The summed E-state index contributed by atoms with van der Waals surface area (Å²) >= 11 is 0. The average molecular weight is 249 g/mol. The van der Waals surface area contributed by atoms with Crippen LogP contribution in [0.5, 0.6) is 0 Å². The number of carbonyl (C=O) groups excluding carboxylic acids is 2. The van der Waals surface area contributed by atoms with Gasteiger partial charge in [0.2, 0.25) is 6.08 Å². The molecule has 0 heterocycles. The Kier molecular flexibility index (Phi) is 5.28. The van der Waals surface area contributed by atoms with Crippen molar-refractivity contribution in [3.63, 3.8) is 0 Å². The first-order chi connectivity index (χ1) is 8.66. The van der Waals surface area contributed by atoms with Gasteiger partial charge in [-0.05, 0) is 12.1 Å². The molecule has 1 aromatic rings. The number of hydrogen-bond donors (Lipinski definition) is 1. The molecule has 0 aliphatic carbocycles. The minimum absolute atomic E-state index is 0.00360. The van der Waals surface area contributed by atoms with Crippen molar-refractivity contribution in [1.29, 1.82) is 0 Å². The van der Waals surface area contributed by atoms with Gasteiger partial charge >= 0.3 is 11.9 Å². The lowest BCUT2D eigenvalue weighted by Crippen LogP contribution is -2.12. The zero-order valence-electron chi connectivity index (χ0n) is 9.46. The highest BCUT2D eigenvalue weighted by atomic mass is 16.5. The first-order valence-corrected chi connectivity index (χ1v) is 5.20. The molecule has 6 nitrogen and oxygen atoms in total. The van der Waals surface area contributed by atoms with E-state index < -0.39 is 11.9 Å². The third kappa shape index (κ3) is 3.84. The van der Waals surface area contributed by atoms with Crippen LogP contribution in [0.2, 0.25) is 0 Å². The first-order valence-electron chi connectivity index (χ1n) is 5.20. The Morgan fingerprint density at radius 2 is 1.94 bits per heavy atom. The van der Waals surface area contributed by atoms with Crippen molar-refractivity contribution in [2.75, 3.05) is 13.2 Å². The van der Waals surface area contributed by atoms with E-state index in [-0.39, 0.29) is 24.3 Å². The molecule has 0 bridgehead atoms. The summed E-state index contributed by atoms with van der Waals surface area (Å²) in [6, 6.07) is 5.80. The molecule has 0 amide bonds. The fraction of sp³-hybridized carbons (Fsp3) is 0.250. The second-order valence-corrected chi connectivity index (χ2v) is 3.31. The largest absolute Gasteiger partial charge is 0.478 e. The maximum absolute atomic E-state index is 11.6. The van der Waals surface area contributed by atoms with E-state index in [2.05, 4.69) is 4.99 Å². The normalized spacial score (nSPS) is 9.33. The van der Waals surface area contributed by atoms with E-state index in [0.29, 0.717) is 6.42 Å². The molecule has 0 aliphatic rings. The molecule has 1 N–H and O–H groups in total. The maximum Gasteiger partial charge on any atom is 0.339 e. The standard InChI is InChI=1S/C12H11NO5/c14-8-13-6-3-7-18-12(17)10-5-2-1-4-9(10)11(15)16/h1-2,4-5H,3,6-7H2,(H,15,16). The fourth-order valence-corrected chi connectivity index (χ4v) is 1.28. The summed E-state index contributed by atoms with van der Waals surface area (Å²) in [5.41, 5.74) is -0.0997. The minimum Gasteiger partial charge on any atom is -0.478 e. The summed E-state index contributed by atoms with van der Waals surface area (Å²) in [5, 5.41) is 8.89. The molecule has 0 spiro atoms. The molecule has 94 valence electrons. The molecule has 0 fully saturated rings. The molecule has 6 heteroatoms. The Balaban J connectivity index is 2.61. The van der Waals surface area contributed by atoms with Gasteiger partial charge in [-0.25, -0.2) is 19.4 Å². The molecule has 0 atom stereocenters. The van der Waals surface area contributed by atoms with Crippen LogP contribution in [0.1, 0.15) is 27.1 Å². The van der Waals surface area contributed by atoms with Gasteiger partial charge in [0.15, 0.2) is 0 Å². The van der Waals surface area contributed by atoms with Gasteiger partial charge in [0.1, 0.15) is 0 Å². The third-order valence-electron chi connectivity index (χ3n) is 2.09. The van der Waals surface area contributed by atoms with Crippen LogP contribution < -0.4 is 0 Å². The molecule has 1 aromatic carbocycles. The average Bonchev–Trinajstić information content (AvgIpc) is 2.38. The second kappa shape index (κ2) is 6.98. The third-order valence-corrected chi connectivity index (χ3v) is 2.09. The number of nitrogens with zero attached hydrogens (tertiary/aromatic N) is 1. The number of carboxylic acids is 1. The maximum atomic E-state index is 11.6. The van der Waals surface area contributed by atoms with E-state index in [0.717, 1.165) is 0 Å². The number of carbonyl (C=O) groups is 2. The van der Waals surface area contributed by atoms with Gasteiger partial charge in [0.05, 0.1) is 24.3 Å². The smallest absolute Gasteiger partial charge is 0.339 e. The van der Waals surface area contributed by atoms with Crippen LogP contribution in [0.15, 0.2) is 29.3 Å².